The van der Waals surface area contributed by atoms with Gasteiger partial charge in [0.05, 0.1) is 0 Å². The maximum absolute atomic E-state index is 11.5. The van der Waals surface area contributed by atoms with Crippen molar-refractivity contribution < 1.29 is 51.7 Å². The molecule has 0 fully saturated rings. The van der Waals surface area contributed by atoms with Crippen LogP contribution in [0.4, 0.5) is 26.3 Å². The van der Waals surface area contributed by atoms with Crippen molar-refractivity contribution in [1.29, 1.82) is 0 Å². The molecule has 0 aliphatic carbocycles. The number of nitrogens with zero attached hydrogens (tertiary/aromatic N) is 1. The van der Waals surface area contributed by atoms with Crippen LogP contribution >= 0.6 is 0 Å². The van der Waals surface area contributed by atoms with E-state index in [1.54, 1.807) is 0 Å². The Kier molecular flexibility index (Phi) is 4.39. The van der Waals surface area contributed by atoms with Gasteiger partial charge >= 0.3 is 31.3 Å². The second-order valence-corrected chi connectivity index (χ2v) is 5.06. The van der Waals surface area contributed by atoms with Crippen LogP contribution in [0.2, 0.25) is 0 Å². The monoisotopic (exact) mass is 312 g/mol. The van der Waals surface area contributed by atoms with E-state index in [-0.39, 0.29) is 0 Å². The van der Waals surface area contributed by atoms with Gasteiger partial charge in [0.2, 0.25) is 0 Å². The maximum atomic E-state index is 11.5. The van der Waals surface area contributed by atoms with Crippen LogP contribution < -0.4 is 0 Å². The van der Waals surface area contributed by atoms with Gasteiger partial charge in [0.1, 0.15) is 0 Å². The molecule has 0 rings (SSSR count). The Morgan fingerprint density at radius 3 is 1.12 bits per heavy atom. The van der Waals surface area contributed by atoms with Crippen LogP contribution in [-0.2, 0) is 28.8 Å². The third-order valence-corrected chi connectivity index (χ3v) is 2.47. The van der Waals surface area contributed by atoms with E-state index in [1.807, 2.05) is 0 Å². The second-order valence-electron chi connectivity index (χ2n) is 2.02. The summed E-state index contributed by atoms with van der Waals surface area (Å²) in [4.78, 5) is 0. The molecule has 0 unspecified atom stereocenters. The molecule has 0 aromatic carbocycles. The quantitative estimate of drug-likeness (QED) is 0.435. The van der Waals surface area contributed by atoms with Crippen molar-refractivity contribution in [2.45, 2.75) is 11.0 Å². The van der Waals surface area contributed by atoms with Crippen LogP contribution in [0.5, 0.6) is 0 Å². The Morgan fingerprint density at radius 1 is 0.706 bits per heavy atom. The zero-order valence-corrected chi connectivity index (χ0v) is 8.61. The number of halogens is 6. The third-order valence-electron chi connectivity index (χ3n) is 0.824. The Hall–Kier alpha value is -0.640. The molecule has 0 N–H and O–H groups in total. The number of rotatable bonds is 4. The average Bonchev–Trinajstić information content (AvgIpc) is 1.98. The Bertz CT molecular complexity index is 414. The van der Waals surface area contributed by atoms with Gasteiger partial charge in [0.25, 0.3) is 0 Å². The van der Waals surface area contributed by atoms with Crippen LogP contribution in [0.15, 0.2) is 0 Å². The Labute approximate surface area is 89.5 Å². The summed E-state index contributed by atoms with van der Waals surface area (Å²) in [6, 6.07) is 0. The van der Waals surface area contributed by atoms with E-state index in [9.17, 15) is 43.2 Å². The summed E-state index contributed by atoms with van der Waals surface area (Å²) in [5.41, 5.74) is -10.8. The minimum absolute atomic E-state index is 1.23. The molecular weight excluding hydrogens is 312 g/mol. The summed E-state index contributed by atoms with van der Waals surface area (Å²) in [6.45, 7) is 0. The van der Waals surface area contributed by atoms with Gasteiger partial charge in [-0.2, -0.15) is 43.2 Å². The second kappa shape index (κ2) is 4.56. The molecule has 0 saturated heterocycles. The highest BCUT2D eigenvalue weighted by molar-refractivity contribution is 7.88. The van der Waals surface area contributed by atoms with E-state index < -0.39 is 31.3 Å². The van der Waals surface area contributed by atoms with Crippen LogP contribution in [0.25, 0.3) is 5.64 Å². The first-order valence-corrected chi connectivity index (χ1v) is 5.72. The largest absolute Gasteiger partial charge is 0.521 e. The summed E-state index contributed by atoms with van der Waals surface area (Å²) in [7, 11) is -12.8. The van der Waals surface area contributed by atoms with Crippen LogP contribution in [0.1, 0.15) is 0 Å². The van der Waals surface area contributed by atoms with Gasteiger partial charge in [-0.3, -0.25) is 0 Å². The minimum atomic E-state index is -6.39. The van der Waals surface area contributed by atoms with Gasteiger partial charge < -0.3 is 14.2 Å². The lowest BCUT2D eigenvalue weighted by atomic mass is 11.6. The molecular formula is C2F6NO6S2-. The third kappa shape index (κ3) is 4.26. The fourth-order valence-electron chi connectivity index (χ4n) is 0.177. The average molecular weight is 312 g/mol. The standard InChI is InChI=1S/C2F6NO6S2/c3-1(4,5)16(10,11)14-9-15-17(12,13)2(6,7)8/q-1. The van der Waals surface area contributed by atoms with E-state index in [4.69, 9.17) is 0 Å². The van der Waals surface area contributed by atoms with Gasteiger partial charge in [0.15, 0.2) is 0 Å². The first-order valence-electron chi connectivity index (χ1n) is 2.91. The van der Waals surface area contributed by atoms with Crippen molar-refractivity contribution >= 4 is 20.2 Å². The van der Waals surface area contributed by atoms with Crippen molar-refractivity contribution in [3.8, 4) is 0 Å². The molecule has 0 radical (unpaired) electrons. The fourth-order valence-corrected chi connectivity index (χ4v) is 0.606. The normalized spacial score (nSPS) is 14.9. The molecule has 0 aliphatic heterocycles. The summed E-state index contributed by atoms with van der Waals surface area (Å²) in [5, 5.41) is 0. The molecule has 17 heavy (non-hydrogen) atoms. The van der Waals surface area contributed by atoms with Gasteiger partial charge in [-0.1, -0.05) is 0 Å². The van der Waals surface area contributed by atoms with Crippen molar-refractivity contribution in [3.05, 3.63) is 5.64 Å². The SMILES string of the molecule is O=S(=O)(O[N-]OS(=O)(=O)C(F)(F)F)C(F)(F)F. The first kappa shape index (κ1) is 16.4. The van der Waals surface area contributed by atoms with E-state index in [0.29, 0.717) is 0 Å². The highest BCUT2D eigenvalue weighted by Gasteiger charge is 2.47. The van der Waals surface area contributed by atoms with Crippen LogP contribution in [-0.4, -0.2) is 27.9 Å². The van der Waals surface area contributed by atoms with Crippen LogP contribution in [0, 0.1) is 0 Å². The lowest BCUT2D eigenvalue weighted by molar-refractivity contribution is -0.0592. The van der Waals surface area contributed by atoms with Crippen molar-refractivity contribution in [3.63, 3.8) is 0 Å². The molecule has 15 heteroatoms. The van der Waals surface area contributed by atoms with Crippen molar-refractivity contribution in [2.24, 2.45) is 0 Å². The lowest BCUT2D eigenvalue weighted by Crippen LogP contribution is -2.27. The van der Waals surface area contributed by atoms with Gasteiger partial charge in [0, 0.05) is 0 Å². The van der Waals surface area contributed by atoms with Crippen molar-refractivity contribution in [2.75, 3.05) is 0 Å². The highest BCUT2D eigenvalue weighted by Crippen LogP contribution is 2.29. The zero-order valence-electron chi connectivity index (χ0n) is 6.98. The fraction of sp³-hybridized carbons (Fsp3) is 1.00. The van der Waals surface area contributed by atoms with Crippen molar-refractivity contribution in [1.82, 2.24) is 0 Å². The smallest absolute Gasteiger partial charge is 0.370 e. The Morgan fingerprint density at radius 2 is 0.941 bits per heavy atom. The molecule has 0 spiro atoms. The van der Waals surface area contributed by atoms with E-state index >= 15 is 0 Å². The predicted octanol–water partition coefficient (Wildman–Crippen LogP) is 0.923. The van der Waals surface area contributed by atoms with E-state index in [0.717, 1.165) is 0 Å². The van der Waals surface area contributed by atoms with Gasteiger partial charge in [-0.15, -0.1) is 0 Å². The lowest BCUT2D eigenvalue weighted by Gasteiger charge is -2.21. The molecule has 0 aliphatic rings. The summed E-state index contributed by atoms with van der Waals surface area (Å²) in [6.07, 6.45) is 0. The molecule has 0 aromatic rings. The zero-order chi connectivity index (χ0) is 14.1. The molecule has 0 aromatic heterocycles. The molecule has 0 heterocycles. The molecule has 7 nitrogen and oxygen atoms in total. The highest BCUT2D eigenvalue weighted by atomic mass is 32.2. The first-order chi connectivity index (χ1) is 7.21. The summed E-state index contributed by atoms with van der Waals surface area (Å²) < 4.78 is 114. The molecule has 0 bridgehead atoms. The summed E-state index contributed by atoms with van der Waals surface area (Å²) in [5.74, 6) is 0. The number of hydrogen-bond donors (Lipinski definition) is 0. The predicted molar refractivity (Wildman–Crippen MR) is 35.5 cm³/mol. The Balaban J connectivity index is 4.58. The summed E-state index contributed by atoms with van der Waals surface area (Å²) >= 11 is 0. The number of hydrogen-bond acceptors (Lipinski definition) is 6. The van der Waals surface area contributed by atoms with E-state index in [1.165, 1.54) is 5.64 Å². The molecule has 104 valence electrons. The molecule has 0 atom stereocenters. The topological polar surface area (TPSA) is 101 Å². The van der Waals surface area contributed by atoms with Crippen LogP contribution in [0.3, 0.4) is 0 Å². The number of alkyl halides is 6. The molecule has 0 saturated carbocycles. The maximum Gasteiger partial charge on any atom is 0.521 e. The van der Waals surface area contributed by atoms with E-state index in [2.05, 4.69) is 8.57 Å². The van der Waals surface area contributed by atoms with Gasteiger partial charge in [-0.05, 0) is 0 Å². The minimum Gasteiger partial charge on any atom is -0.370 e. The molecule has 0 amide bonds. The van der Waals surface area contributed by atoms with Gasteiger partial charge in [-0.25, -0.2) is 0 Å².